The molecule has 0 saturated carbocycles. The summed E-state index contributed by atoms with van der Waals surface area (Å²) < 4.78 is 68.6. The highest BCUT2D eigenvalue weighted by molar-refractivity contribution is 5.95. The number of benzene rings is 1. The largest absolute Gasteiger partial charge is 0.422 e. The second-order valence-corrected chi connectivity index (χ2v) is 8.58. The van der Waals surface area contributed by atoms with E-state index >= 15 is 0 Å². The molecule has 0 fully saturated rings. The predicted molar refractivity (Wildman–Crippen MR) is 109 cm³/mol. The van der Waals surface area contributed by atoms with Gasteiger partial charge in [-0.25, -0.2) is 13.6 Å². The Labute approximate surface area is 190 Å². The van der Waals surface area contributed by atoms with Crippen molar-refractivity contribution in [3.63, 3.8) is 0 Å². The van der Waals surface area contributed by atoms with Crippen LogP contribution < -0.4 is 5.32 Å². The number of aliphatic hydroxyl groups excluding tert-OH is 1. The lowest BCUT2D eigenvalue weighted by molar-refractivity contribution is -0.142. The minimum atomic E-state index is -5.28. The molecule has 0 bridgehead atoms. The Morgan fingerprint density at radius 2 is 1.97 bits per heavy atom. The second-order valence-electron chi connectivity index (χ2n) is 8.58. The van der Waals surface area contributed by atoms with Gasteiger partial charge < -0.3 is 20.2 Å². The first-order valence-corrected chi connectivity index (χ1v) is 10.5. The number of halogens is 5. The van der Waals surface area contributed by atoms with Crippen LogP contribution >= 0.6 is 0 Å². The van der Waals surface area contributed by atoms with E-state index in [0.29, 0.717) is 30.4 Å². The van der Waals surface area contributed by atoms with E-state index in [2.05, 4.69) is 10.4 Å². The van der Waals surface area contributed by atoms with Crippen LogP contribution in [0, 0.1) is 17.6 Å². The molecule has 4 rings (SSSR count). The summed E-state index contributed by atoms with van der Waals surface area (Å²) in [5, 5.41) is 16.2. The van der Waals surface area contributed by atoms with Gasteiger partial charge in [0.15, 0.2) is 5.82 Å². The fourth-order valence-corrected chi connectivity index (χ4v) is 4.40. The van der Waals surface area contributed by atoms with Crippen molar-refractivity contribution in [2.75, 3.05) is 25.5 Å². The third-order valence-electron chi connectivity index (χ3n) is 6.13. The van der Waals surface area contributed by atoms with E-state index in [4.69, 9.17) is 0 Å². The molecule has 1 unspecified atom stereocenters. The van der Waals surface area contributed by atoms with E-state index in [1.165, 1.54) is 14.5 Å². The fourth-order valence-electron chi connectivity index (χ4n) is 4.40. The SMILES string of the molecule is C[C@@H]1Cc2nn3c(c2CN1C(=O)Nc1ccc(F)c(C(F)(F)F)c1F)C(=O)N(C)CC(CO)C3. The number of amides is 3. The average molecular weight is 487 g/mol. The standard InChI is InChI=1S/C21H22F5N5O3/c1-10-5-15-12(18-19(33)29(2)6-11(9-32)7-31(18)28-15)8-30(10)20(34)27-14-4-3-13(22)16(17(14)23)21(24,25)26/h3-4,10-11,32H,5-9H2,1-2H3,(H,27,34)/t10-,11?/m1/s1. The molecule has 2 aromatic rings. The number of fused-ring (bicyclic) bond motifs is 3. The summed E-state index contributed by atoms with van der Waals surface area (Å²) in [6, 6.07) is -0.224. The molecule has 13 heteroatoms. The molecule has 1 aromatic heterocycles. The lowest BCUT2D eigenvalue weighted by Crippen LogP contribution is -2.45. The predicted octanol–water partition coefficient (Wildman–Crippen LogP) is 2.85. The monoisotopic (exact) mass is 487 g/mol. The number of aliphatic hydroxyl groups is 1. The molecule has 3 amide bonds. The molecule has 2 N–H and O–H groups in total. The number of urea groups is 1. The van der Waals surface area contributed by atoms with Gasteiger partial charge in [-0.15, -0.1) is 0 Å². The Kier molecular flexibility index (Phi) is 6.00. The zero-order valence-electron chi connectivity index (χ0n) is 18.3. The Balaban J connectivity index is 1.63. The average Bonchev–Trinajstić information content (AvgIpc) is 3.03. The van der Waals surface area contributed by atoms with Gasteiger partial charge in [0.1, 0.15) is 17.1 Å². The number of alkyl halides is 3. The quantitative estimate of drug-likeness (QED) is 0.638. The number of nitrogens with zero attached hydrogens (tertiary/aromatic N) is 4. The minimum absolute atomic E-state index is 0.0873. The van der Waals surface area contributed by atoms with Gasteiger partial charge >= 0.3 is 12.2 Å². The van der Waals surface area contributed by atoms with E-state index in [-0.39, 0.29) is 37.1 Å². The van der Waals surface area contributed by atoms with Gasteiger partial charge in [-0.2, -0.15) is 18.3 Å². The third-order valence-corrected chi connectivity index (χ3v) is 6.13. The molecular formula is C21H22F5N5O3. The van der Waals surface area contributed by atoms with E-state index in [0.717, 1.165) is 6.07 Å². The molecule has 8 nitrogen and oxygen atoms in total. The third kappa shape index (κ3) is 4.08. The molecule has 34 heavy (non-hydrogen) atoms. The topological polar surface area (TPSA) is 90.7 Å². The maximum atomic E-state index is 14.4. The first-order valence-electron chi connectivity index (χ1n) is 10.5. The van der Waals surface area contributed by atoms with Gasteiger partial charge in [-0.3, -0.25) is 9.48 Å². The highest BCUT2D eigenvalue weighted by Gasteiger charge is 2.40. The summed E-state index contributed by atoms with van der Waals surface area (Å²) in [5.41, 5.74) is -1.55. The van der Waals surface area contributed by atoms with Gasteiger partial charge in [0.25, 0.3) is 5.91 Å². The van der Waals surface area contributed by atoms with Crippen LogP contribution in [-0.2, 0) is 25.7 Å². The Morgan fingerprint density at radius 1 is 1.26 bits per heavy atom. The molecule has 0 aliphatic carbocycles. The maximum absolute atomic E-state index is 14.4. The smallest absolute Gasteiger partial charge is 0.396 e. The van der Waals surface area contributed by atoms with Crippen molar-refractivity contribution in [3.05, 3.63) is 46.3 Å². The maximum Gasteiger partial charge on any atom is 0.422 e. The summed E-state index contributed by atoms with van der Waals surface area (Å²) >= 11 is 0. The van der Waals surface area contributed by atoms with Crippen molar-refractivity contribution in [3.8, 4) is 0 Å². The van der Waals surface area contributed by atoms with Crippen LogP contribution in [0.5, 0.6) is 0 Å². The first kappa shape index (κ1) is 23.9. The van der Waals surface area contributed by atoms with Crippen molar-refractivity contribution in [1.29, 1.82) is 0 Å². The molecule has 0 spiro atoms. The first-order chi connectivity index (χ1) is 15.9. The van der Waals surface area contributed by atoms with Crippen LogP contribution in [0.25, 0.3) is 0 Å². The Hall–Kier alpha value is -3.22. The van der Waals surface area contributed by atoms with E-state index in [9.17, 15) is 36.6 Å². The molecule has 3 heterocycles. The van der Waals surface area contributed by atoms with Crippen LogP contribution in [0.3, 0.4) is 0 Å². The number of aromatic nitrogens is 2. The van der Waals surface area contributed by atoms with Crippen molar-refractivity contribution in [1.82, 2.24) is 19.6 Å². The fraction of sp³-hybridized carbons (Fsp3) is 0.476. The van der Waals surface area contributed by atoms with Crippen molar-refractivity contribution >= 4 is 17.6 Å². The van der Waals surface area contributed by atoms with E-state index in [1.807, 2.05) is 0 Å². The molecule has 0 saturated heterocycles. The highest BCUT2D eigenvalue weighted by atomic mass is 19.4. The summed E-state index contributed by atoms with van der Waals surface area (Å²) in [4.78, 5) is 28.6. The number of nitrogens with one attached hydrogen (secondary N) is 1. The van der Waals surface area contributed by atoms with Gasteiger partial charge in [0.2, 0.25) is 0 Å². The summed E-state index contributed by atoms with van der Waals surface area (Å²) in [7, 11) is 1.59. The van der Waals surface area contributed by atoms with Crippen LogP contribution in [0.2, 0.25) is 0 Å². The number of carbonyl (C=O) groups excluding carboxylic acids is 2. The molecule has 184 valence electrons. The second kappa shape index (κ2) is 8.53. The molecule has 2 aliphatic rings. The lowest BCUT2D eigenvalue weighted by atomic mass is 9.99. The van der Waals surface area contributed by atoms with Crippen LogP contribution in [0.1, 0.15) is 34.2 Å². The highest BCUT2D eigenvalue weighted by Crippen LogP contribution is 2.36. The van der Waals surface area contributed by atoms with Gasteiger partial charge in [0.05, 0.1) is 17.9 Å². The van der Waals surface area contributed by atoms with Crippen molar-refractivity contribution in [2.45, 2.75) is 38.7 Å². The summed E-state index contributed by atoms with van der Waals surface area (Å²) in [5.74, 6) is -4.26. The zero-order chi connectivity index (χ0) is 24.9. The zero-order valence-corrected chi connectivity index (χ0v) is 18.3. The summed E-state index contributed by atoms with van der Waals surface area (Å²) in [6.07, 6.45) is -5.03. The number of rotatable bonds is 2. The molecule has 1 aromatic carbocycles. The summed E-state index contributed by atoms with van der Waals surface area (Å²) in [6.45, 7) is 2.07. The number of carbonyl (C=O) groups is 2. The van der Waals surface area contributed by atoms with Gasteiger partial charge in [-0.1, -0.05) is 0 Å². The molecule has 2 atom stereocenters. The van der Waals surface area contributed by atoms with Crippen LogP contribution in [0.15, 0.2) is 12.1 Å². The number of hydrogen-bond donors (Lipinski definition) is 2. The Morgan fingerprint density at radius 3 is 2.62 bits per heavy atom. The molecule has 0 radical (unpaired) electrons. The molecular weight excluding hydrogens is 465 g/mol. The van der Waals surface area contributed by atoms with Gasteiger partial charge in [-0.05, 0) is 19.1 Å². The number of anilines is 1. The lowest BCUT2D eigenvalue weighted by Gasteiger charge is -2.33. The van der Waals surface area contributed by atoms with Crippen molar-refractivity contribution in [2.24, 2.45) is 5.92 Å². The van der Waals surface area contributed by atoms with E-state index in [1.54, 1.807) is 14.0 Å². The number of hydrogen-bond acceptors (Lipinski definition) is 4. The Bertz CT molecular complexity index is 1150. The van der Waals surface area contributed by atoms with Crippen LogP contribution in [-0.4, -0.2) is 62.9 Å². The minimum Gasteiger partial charge on any atom is -0.396 e. The van der Waals surface area contributed by atoms with Crippen LogP contribution in [0.4, 0.5) is 32.4 Å². The van der Waals surface area contributed by atoms with E-state index < -0.39 is 41.1 Å². The normalized spacial score (nSPS) is 20.6. The van der Waals surface area contributed by atoms with Crippen molar-refractivity contribution < 1.29 is 36.6 Å². The van der Waals surface area contributed by atoms with Gasteiger partial charge in [0, 0.05) is 50.7 Å². The molecule has 2 aliphatic heterocycles.